The van der Waals surface area contributed by atoms with Crippen molar-refractivity contribution in [3.05, 3.63) is 48.8 Å². The van der Waals surface area contributed by atoms with Crippen LogP contribution in [0.1, 0.15) is 31.2 Å². The molecule has 0 bridgehead atoms. The number of piperidine rings is 2. The SMILES string of the molecule is O=C(NCCn1ccnc1)[C@@H]1CCCN(C2CCN(Cc3cccnc3)CC2)C1. The molecule has 2 fully saturated rings. The highest BCUT2D eigenvalue weighted by Gasteiger charge is 2.31. The van der Waals surface area contributed by atoms with Gasteiger partial charge >= 0.3 is 0 Å². The van der Waals surface area contributed by atoms with Crippen LogP contribution in [0.2, 0.25) is 0 Å². The van der Waals surface area contributed by atoms with Crippen molar-refractivity contribution in [3.8, 4) is 0 Å². The van der Waals surface area contributed by atoms with Gasteiger partial charge in [0.15, 0.2) is 0 Å². The molecule has 4 heterocycles. The third-order valence-corrected chi connectivity index (χ3v) is 6.25. The molecular formula is C22H32N6O. The van der Waals surface area contributed by atoms with Gasteiger partial charge in [-0.1, -0.05) is 6.07 Å². The minimum absolute atomic E-state index is 0.125. The average Bonchev–Trinajstić information content (AvgIpc) is 3.29. The fourth-order valence-electron chi connectivity index (χ4n) is 4.62. The first kappa shape index (κ1) is 20.0. The number of carbonyl (C=O) groups excluding carboxylic acids is 1. The minimum Gasteiger partial charge on any atom is -0.354 e. The number of pyridine rings is 1. The van der Waals surface area contributed by atoms with Gasteiger partial charge in [0.05, 0.1) is 12.2 Å². The first-order chi connectivity index (χ1) is 14.3. The van der Waals surface area contributed by atoms with E-state index in [1.807, 2.05) is 29.2 Å². The van der Waals surface area contributed by atoms with Crippen molar-refractivity contribution in [1.82, 2.24) is 29.7 Å². The number of nitrogens with one attached hydrogen (secondary N) is 1. The molecule has 29 heavy (non-hydrogen) atoms. The topological polar surface area (TPSA) is 66.3 Å². The van der Waals surface area contributed by atoms with Gasteiger partial charge < -0.3 is 9.88 Å². The lowest BCUT2D eigenvalue weighted by molar-refractivity contribution is -0.127. The zero-order valence-electron chi connectivity index (χ0n) is 17.1. The maximum Gasteiger partial charge on any atom is 0.224 e. The molecule has 4 rings (SSSR count). The van der Waals surface area contributed by atoms with Gasteiger partial charge in [-0.05, 0) is 56.9 Å². The van der Waals surface area contributed by atoms with Gasteiger partial charge in [-0.3, -0.25) is 19.6 Å². The number of rotatable bonds is 7. The van der Waals surface area contributed by atoms with Crippen LogP contribution in [-0.2, 0) is 17.9 Å². The quantitative estimate of drug-likeness (QED) is 0.773. The number of hydrogen-bond donors (Lipinski definition) is 1. The molecule has 0 saturated carbocycles. The average molecular weight is 397 g/mol. The molecule has 7 nitrogen and oxygen atoms in total. The molecule has 0 aliphatic carbocycles. The van der Waals surface area contributed by atoms with Crippen LogP contribution in [0.15, 0.2) is 43.2 Å². The highest BCUT2D eigenvalue weighted by atomic mass is 16.1. The molecule has 2 aliphatic rings. The van der Waals surface area contributed by atoms with Gasteiger partial charge in [0.1, 0.15) is 0 Å². The summed E-state index contributed by atoms with van der Waals surface area (Å²) in [5, 5.41) is 3.12. The Kier molecular flexibility index (Phi) is 6.90. The third kappa shape index (κ3) is 5.64. The molecule has 0 spiro atoms. The summed E-state index contributed by atoms with van der Waals surface area (Å²) in [5.41, 5.74) is 1.29. The van der Waals surface area contributed by atoms with E-state index >= 15 is 0 Å². The van der Waals surface area contributed by atoms with Crippen LogP contribution in [0.5, 0.6) is 0 Å². The lowest BCUT2D eigenvalue weighted by Gasteiger charge is -2.42. The Morgan fingerprint density at radius 1 is 1.14 bits per heavy atom. The number of likely N-dealkylation sites (tertiary alicyclic amines) is 2. The van der Waals surface area contributed by atoms with Crippen molar-refractivity contribution in [2.45, 2.75) is 44.8 Å². The fourth-order valence-corrected chi connectivity index (χ4v) is 4.62. The van der Waals surface area contributed by atoms with Crippen molar-refractivity contribution >= 4 is 5.91 Å². The summed E-state index contributed by atoms with van der Waals surface area (Å²) in [5.74, 6) is 0.337. The monoisotopic (exact) mass is 396 g/mol. The largest absolute Gasteiger partial charge is 0.354 e. The minimum atomic E-state index is 0.125. The van der Waals surface area contributed by atoms with E-state index in [9.17, 15) is 4.79 Å². The normalized spacial score (nSPS) is 21.9. The molecule has 0 aromatic carbocycles. The van der Waals surface area contributed by atoms with Crippen molar-refractivity contribution < 1.29 is 4.79 Å². The van der Waals surface area contributed by atoms with Crippen LogP contribution in [-0.4, -0.2) is 69.0 Å². The van der Waals surface area contributed by atoms with Gasteiger partial charge in [0.25, 0.3) is 0 Å². The maximum absolute atomic E-state index is 12.6. The number of amides is 1. The smallest absolute Gasteiger partial charge is 0.224 e. The fraction of sp³-hybridized carbons (Fsp3) is 0.591. The van der Waals surface area contributed by atoms with Crippen LogP contribution >= 0.6 is 0 Å². The molecule has 2 aromatic heterocycles. The van der Waals surface area contributed by atoms with E-state index in [-0.39, 0.29) is 11.8 Å². The molecule has 7 heteroatoms. The van der Waals surface area contributed by atoms with Gasteiger partial charge in [0, 0.05) is 57.0 Å². The maximum atomic E-state index is 12.6. The number of carbonyl (C=O) groups is 1. The summed E-state index contributed by atoms with van der Waals surface area (Å²) in [6.07, 6.45) is 13.8. The van der Waals surface area contributed by atoms with E-state index in [0.717, 1.165) is 52.1 Å². The van der Waals surface area contributed by atoms with Crippen molar-refractivity contribution in [2.75, 3.05) is 32.7 Å². The van der Waals surface area contributed by atoms with Gasteiger partial charge in [-0.2, -0.15) is 0 Å². The second kappa shape index (κ2) is 9.98. The van der Waals surface area contributed by atoms with Gasteiger partial charge in [0.2, 0.25) is 5.91 Å². The van der Waals surface area contributed by atoms with Crippen LogP contribution < -0.4 is 5.32 Å². The predicted octanol–water partition coefficient (Wildman–Crippen LogP) is 1.77. The van der Waals surface area contributed by atoms with Gasteiger partial charge in [-0.15, -0.1) is 0 Å². The molecule has 2 aromatic rings. The second-order valence-electron chi connectivity index (χ2n) is 8.29. The van der Waals surface area contributed by atoms with E-state index in [2.05, 4.69) is 31.2 Å². The summed E-state index contributed by atoms with van der Waals surface area (Å²) in [7, 11) is 0. The first-order valence-electron chi connectivity index (χ1n) is 10.9. The van der Waals surface area contributed by atoms with E-state index < -0.39 is 0 Å². The lowest BCUT2D eigenvalue weighted by atomic mass is 9.93. The van der Waals surface area contributed by atoms with E-state index in [1.54, 1.807) is 12.5 Å². The zero-order valence-corrected chi connectivity index (χ0v) is 17.1. The molecule has 0 radical (unpaired) electrons. The Morgan fingerprint density at radius 3 is 2.79 bits per heavy atom. The summed E-state index contributed by atoms with van der Waals surface area (Å²) in [6, 6.07) is 4.78. The Bertz CT molecular complexity index is 742. The lowest BCUT2D eigenvalue weighted by Crippen LogP contribution is -2.50. The van der Waals surface area contributed by atoms with Crippen LogP contribution in [0.3, 0.4) is 0 Å². The Hall–Kier alpha value is -2.25. The highest BCUT2D eigenvalue weighted by Crippen LogP contribution is 2.24. The predicted molar refractivity (Wildman–Crippen MR) is 112 cm³/mol. The van der Waals surface area contributed by atoms with E-state index in [4.69, 9.17) is 0 Å². The van der Waals surface area contributed by atoms with E-state index in [0.29, 0.717) is 12.6 Å². The van der Waals surface area contributed by atoms with E-state index in [1.165, 1.54) is 18.4 Å². The van der Waals surface area contributed by atoms with Crippen molar-refractivity contribution in [3.63, 3.8) is 0 Å². The zero-order chi connectivity index (χ0) is 19.9. The van der Waals surface area contributed by atoms with Crippen molar-refractivity contribution in [2.24, 2.45) is 5.92 Å². The molecule has 1 N–H and O–H groups in total. The number of aromatic nitrogens is 3. The standard InChI is InChI=1S/C22H32N6O/c29-22(25-9-14-27-13-8-24-18-27)20-4-2-10-28(17-20)21-5-11-26(12-6-21)16-19-3-1-7-23-15-19/h1,3,7-8,13,15,18,20-21H,2,4-6,9-12,14,16-17H2,(H,25,29)/t20-/m1/s1. The third-order valence-electron chi connectivity index (χ3n) is 6.25. The molecule has 0 unspecified atom stereocenters. The molecule has 1 atom stereocenters. The second-order valence-corrected chi connectivity index (χ2v) is 8.29. The van der Waals surface area contributed by atoms with Crippen LogP contribution in [0.4, 0.5) is 0 Å². The summed E-state index contributed by atoms with van der Waals surface area (Å²) < 4.78 is 1.99. The summed E-state index contributed by atoms with van der Waals surface area (Å²) >= 11 is 0. The van der Waals surface area contributed by atoms with Gasteiger partial charge in [-0.25, -0.2) is 4.98 Å². The number of hydrogen-bond acceptors (Lipinski definition) is 5. The van der Waals surface area contributed by atoms with Crippen LogP contribution in [0.25, 0.3) is 0 Å². The number of nitrogens with zero attached hydrogens (tertiary/aromatic N) is 5. The molecular weight excluding hydrogens is 364 g/mol. The molecule has 156 valence electrons. The molecule has 2 aliphatic heterocycles. The Balaban J connectivity index is 1.20. The Labute approximate surface area is 173 Å². The molecule has 2 saturated heterocycles. The summed E-state index contributed by atoms with van der Waals surface area (Å²) in [4.78, 5) is 26.0. The van der Waals surface area contributed by atoms with Crippen LogP contribution in [0, 0.1) is 5.92 Å². The van der Waals surface area contributed by atoms with Crippen molar-refractivity contribution in [1.29, 1.82) is 0 Å². The number of imidazole rings is 1. The first-order valence-corrected chi connectivity index (χ1v) is 10.9. The highest BCUT2D eigenvalue weighted by molar-refractivity contribution is 5.78. The summed E-state index contributed by atoms with van der Waals surface area (Å²) in [6.45, 7) is 6.71. The molecule has 1 amide bonds. The Morgan fingerprint density at radius 2 is 2.03 bits per heavy atom.